The molecular weight excluding hydrogens is 402 g/mol. The molecule has 2 amide bonds. The first kappa shape index (κ1) is 21.7. The summed E-state index contributed by atoms with van der Waals surface area (Å²) in [5.74, 6) is -0.660. The Morgan fingerprint density at radius 2 is 1.73 bits per heavy atom. The first-order chi connectivity index (χ1) is 14.4. The summed E-state index contributed by atoms with van der Waals surface area (Å²) in [6.45, 7) is 3.59. The molecule has 158 valence electrons. The zero-order valence-electron chi connectivity index (χ0n) is 16.5. The number of carbonyl (C=O) groups excluding carboxylic acids is 2. The first-order valence-corrected chi connectivity index (χ1v) is 11.2. The fraction of sp³-hybridized carbons (Fsp3) is 0.273. The Bertz CT molecular complexity index is 1000. The van der Waals surface area contributed by atoms with Crippen LogP contribution in [0.2, 0.25) is 0 Å². The molecule has 0 aliphatic heterocycles. The summed E-state index contributed by atoms with van der Waals surface area (Å²) in [5.41, 5.74) is 1.21. The predicted molar refractivity (Wildman–Crippen MR) is 114 cm³/mol. The van der Waals surface area contributed by atoms with E-state index >= 15 is 0 Å². The van der Waals surface area contributed by atoms with Gasteiger partial charge in [-0.15, -0.1) is 6.58 Å². The van der Waals surface area contributed by atoms with E-state index in [2.05, 4.69) is 21.9 Å². The Balaban J connectivity index is 1.71. The van der Waals surface area contributed by atoms with Gasteiger partial charge < -0.3 is 10.6 Å². The van der Waals surface area contributed by atoms with Crippen molar-refractivity contribution < 1.29 is 18.0 Å². The Hall–Kier alpha value is -2.97. The second-order valence-corrected chi connectivity index (χ2v) is 8.93. The SMILES string of the molecule is C=CCNS(=O)(=O)c1ccc(C(=O)NC(Cc2ccccc2)C(=O)NC2CC2)cc1. The molecule has 1 unspecified atom stereocenters. The minimum Gasteiger partial charge on any atom is -0.352 e. The van der Waals surface area contributed by atoms with Crippen LogP contribution in [-0.2, 0) is 21.2 Å². The van der Waals surface area contributed by atoms with Gasteiger partial charge in [0, 0.05) is 24.6 Å². The molecule has 0 heterocycles. The Kier molecular flexibility index (Phi) is 7.02. The lowest BCUT2D eigenvalue weighted by atomic mass is 10.0. The van der Waals surface area contributed by atoms with Gasteiger partial charge in [-0.05, 0) is 42.7 Å². The van der Waals surface area contributed by atoms with Crippen LogP contribution in [0.3, 0.4) is 0 Å². The highest BCUT2D eigenvalue weighted by atomic mass is 32.2. The third kappa shape index (κ3) is 6.01. The van der Waals surface area contributed by atoms with E-state index in [1.807, 2.05) is 30.3 Å². The van der Waals surface area contributed by atoms with Crippen molar-refractivity contribution in [2.24, 2.45) is 0 Å². The molecule has 1 fully saturated rings. The van der Waals surface area contributed by atoms with Gasteiger partial charge in [-0.3, -0.25) is 9.59 Å². The van der Waals surface area contributed by atoms with Crippen LogP contribution in [0.4, 0.5) is 0 Å². The van der Waals surface area contributed by atoms with Gasteiger partial charge >= 0.3 is 0 Å². The van der Waals surface area contributed by atoms with E-state index in [4.69, 9.17) is 0 Å². The molecule has 1 atom stereocenters. The molecule has 7 nitrogen and oxygen atoms in total. The molecule has 0 saturated heterocycles. The molecule has 8 heteroatoms. The largest absolute Gasteiger partial charge is 0.352 e. The molecule has 1 aliphatic carbocycles. The monoisotopic (exact) mass is 427 g/mol. The molecular formula is C22H25N3O4S. The summed E-state index contributed by atoms with van der Waals surface area (Å²) in [6.07, 6.45) is 3.71. The summed E-state index contributed by atoms with van der Waals surface area (Å²) in [5, 5.41) is 5.71. The molecule has 2 aromatic rings. The van der Waals surface area contributed by atoms with Gasteiger partial charge in [-0.1, -0.05) is 36.4 Å². The number of sulfonamides is 1. The lowest BCUT2D eigenvalue weighted by Crippen LogP contribution is -2.48. The summed E-state index contributed by atoms with van der Waals surface area (Å²) in [6, 6.07) is 14.5. The second-order valence-electron chi connectivity index (χ2n) is 7.16. The smallest absolute Gasteiger partial charge is 0.251 e. The molecule has 2 aromatic carbocycles. The van der Waals surface area contributed by atoms with Gasteiger partial charge in [-0.2, -0.15) is 0 Å². The maximum Gasteiger partial charge on any atom is 0.251 e. The maximum absolute atomic E-state index is 12.7. The average molecular weight is 428 g/mol. The second kappa shape index (κ2) is 9.69. The van der Waals surface area contributed by atoms with Crippen LogP contribution in [0.5, 0.6) is 0 Å². The van der Waals surface area contributed by atoms with Crippen molar-refractivity contribution in [2.45, 2.75) is 36.2 Å². The number of amides is 2. The van der Waals surface area contributed by atoms with Gasteiger partial charge in [0.2, 0.25) is 15.9 Å². The number of benzene rings is 2. The topological polar surface area (TPSA) is 104 Å². The van der Waals surface area contributed by atoms with Crippen molar-refractivity contribution in [1.29, 1.82) is 0 Å². The average Bonchev–Trinajstić information content (AvgIpc) is 3.56. The van der Waals surface area contributed by atoms with E-state index in [9.17, 15) is 18.0 Å². The highest BCUT2D eigenvalue weighted by molar-refractivity contribution is 7.89. The third-order valence-corrected chi connectivity index (χ3v) is 6.11. The summed E-state index contributed by atoms with van der Waals surface area (Å²) < 4.78 is 26.7. The van der Waals surface area contributed by atoms with Crippen LogP contribution in [0.15, 0.2) is 72.1 Å². The standard InChI is InChI=1S/C22H25N3O4S/c1-2-14-23-30(28,29)19-12-8-17(9-13-19)21(26)25-20(22(27)24-18-10-11-18)15-16-6-4-3-5-7-16/h2-9,12-13,18,20,23H,1,10-11,14-15H2,(H,24,27)(H,25,26). The Morgan fingerprint density at radius 3 is 2.33 bits per heavy atom. The Labute approximate surface area is 176 Å². The fourth-order valence-corrected chi connectivity index (χ4v) is 3.87. The van der Waals surface area contributed by atoms with Gasteiger partial charge in [0.1, 0.15) is 6.04 Å². The zero-order valence-corrected chi connectivity index (χ0v) is 17.3. The van der Waals surface area contributed by atoms with E-state index in [1.165, 1.54) is 30.3 Å². The lowest BCUT2D eigenvalue weighted by molar-refractivity contribution is -0.123. The minimum atomic E-state index is -3.67. The van der Waals surface area contributed by atoms with Crippen LogP contribution in [0.1, 0.15) is 28.8 Å². The molecule has 0 aromatic heterocycles. The van der Waals surface area contributed by atoms with Crippen LogP contribution >= 0.6 is 0 Å². The number of nitrogens with one attached hydrogen (secondary N) is 3. The van der Waals surface area contributed by atoms with E-state index < -0.39 is 22.0 Å². The van der Waals surface area contributed by atoms with Crippen molar-refractivity contribution in [3.8, 4) is 0 Å². The molecule has 0 bridgehead atoms. The molecule has 1 saturated carbocycles. The van der Waals surface area contributed by atoms with Crippen LogP contribution in [-0.4, -0.2) is 38.9 Å². The highest BCUT2D eigenvalue weighted by Gasteiger charge is 2.28. The van der Waals surface area contributed by atoms with E-state index in [-0.39, 0.29) is 29.0 Å². The third-order valence-electron chi connectivity index (χ3n) is 4.67. The van der Waals surface area contributed by atoms with Crippen molar-refractivity contribution in [2.75, 3.05) is 6.54 Å². The minimum absolute atomic E-state index is 0.0493. The normalized spacial score (nSPS) is 14.5. The van der Waals surface area contributed by atoms with E-state index in [0.717, 1.165) is 18.4 Å². The lowest BCUT2D eigenvalue weighted by Gasteiger charge is -2.19. The van der Waals surface area contributed by atoms with Crippen LogP contribution in [0.25, 0.3) is 0 Å². The van der Waals surface area contributed by atoms with Gasteiger partial charge in [-0.25, -0.2) is 13.1 Å². The van der Waals surface area contributed by atoms with Crippen molar-refractivity contribution in [3.05, 3.63) is 78.4 Å². The molecule has 1 aliphatic rings. The fourth-order valence-electron chi connectivity index (χ4n) is 2.87. The van der Waals surface area contributed by atoms with Crippen molar-refractivity contribution >= 4 is 21.8 Å². The van der Waals surface area contributed by atoms with E-state index in [1.54, 1.807) is 0 Å². The number of rotatable bonds is 10. The summed E-state index contributed by atoms with van der Waals surface area (Å²) in [4.78, 5) is 25.4. The van der Waals surface area contributed by atoms with Gasteiger partial charge in [0.25, 0.3) is 5.91 Å². The summed E-state index contributed by atoms with van der Waals surface area (Å²) >= 11 is 0. The number of hydrogen-bond acceptors (Lipinski definition) is 4. The van der Waals surface area contributed by atoms with Crippen molar-refractivity contribution in [3.63, 3.8) is 0 Å². The predicted octanol–water partition coefficient (Wildman–Crippen LogP) is 1.77. The molecule has 3 rings (SSSR count). The van der Waals surface area contributed by atoms with Crippen LogP contribution < -0.4 is 15.4 Å². The highest BCUT2D eigenvalue weighted by Crippen LogP contribution is 2.19. The number of carbonyl (C=O) groups is 2. The maximum atomic E-state index is 12.7. The van der Waals surface area contributed by atoms with E-state index in [0.29, 0.717) is 6.42 Å². The van der Waals surface area contributed by atoms with Crippen molar-refractivity contribution in [1.82, 2.24) is 15.4 Å². The quantitative estimate of drug-likeness (QED) is 0.503. The molecule has 30 heavy (non-hydrogen) atoms. The molecule has 0 spiro atoms. The van der Waals surface area contributed by atoms with Gasteiger partial charge in [0.05, 0.1) is 4.90 Å². The molecule has 3 N–H and O–H groups in total. The number of hydrogen-bond donors (Lipinski definition) is 3. The van der Waals surface area contributed by atoms with Gasteiger partial charge in [0.15, 0.2) is 0 Å². The Morgan fingerprint density at radius 1 is 1.07 bits per heavy atom. The zero-order chi connectivity index (χ0) is 21.6. The first-order valence-electron chi connectivity index (χ1n) is 9.75. The molecule has 0 radical (unpaired) electrons. The van der Waals surface area contributed by atoms with Crippen LogP contribution in [0, 0.1) is 0 Å². The summed E-state index contributed by atoms with van der Waals surface area (Å²) in [7, 11) is -3.67.